The lowest BCUT2D eigenvalue weighted by molar-refractivity contribution is -0.112. The molecule has 180 valence electrons. The van der Waals surface area contributed by atoms with Gasteiger partial charge in [-0.3, -0.25) is 14.4 Å². The number of amides is 1. The third kappa shape index (κ3) is 5.31. The van der Waals surface area contributed by atoms with E-state index >= 15 is 0 Å². The maximum absolute atomic E-state index is 11.4. The third-order valence-corrected chi connectivity index (χ3v) is 5.67. The highest BCUT2D eigenvalue weighted by molar-refractivity contribution is 6.17. The van der Waals surface area contributed by atoms with Crippen LogP contribution in [0.1, 0.15) is 5.56 Å². The number of anilines is 2. The number of fused-ring (bicyclic) bond motifs is 1. The molecule has 11 nitrogen and oxygen atoms in total. The Labute approximate surface area is 201 Å². The van der Waals surface area contributed by atoms with Crippen molar-refractivity contribution in [3.63, 3.8) is 0 Å². The zero-order chi connectivity index (χ0) is 24.2. The largest absolute Gasteiger partial charge is 0.439 e. The van der Waals surface area contributed by atoms with Crippen molar-refractivity contribution in [2.75, 3.05) is 38.2 Å². The Hall–Kier alpha value is -4.22. The zero-order valence-corrected chi connectivity index (χ0v) is 19.1. The lowest BCUT2D eigenvalue weighted by Gasteiger charge is -2.26. The van der Waals surface area contributed by atoms with Crippen LogP contribution in [0.5, 0.6) is 11.6 Å². The van der Waals surface area contributed by atoms with Gasteiger partial charge >= 0.3 is 0 Å². The maximum Gasteiger partial charge on any atom is 0.248 e. The van der Waals surface area contributed by atoms with E-state index < -0.39 is 5.91 Å². The summed E-state index contributed by atoms with van der Waals surface area (Å²) < 4.78 is 14.9. The molecule has 3 N–H and O–H groups in total. The summed E-state index contributed by atoms with van der Waals surface area (Å²) in [4.78, 5) is 18.3. The topological polar surface area (TPSA) is 125 Å². The summed E-state index contributed by atoms with van der Waals surface area (Å²) in [5.41, 5.74) is 7.56. The van der Waals surface area contributed by atoms with Gasteiger partial charge in [0, 0.05) is 37.5 Å². The van der Waals surface area contributed by atoms with Crippen molar-refractivity contribution in [3.05, 3.63) is 67.0 Å². The standard InChI is InChI=1S/C24H26N8O3/c1-17(23(25)33)18-4-2-5-20(14-18)35-22-7-3-6-21-28-24(29-32(21)22)27-19-15-26-31(16-19)9-8-30-10-12-34-13-11-30/h2-7,14-16H,1,8-13H2,(H2,25,33)(H,27,29). The molecule has 0 spiro atoms. The molecule has 0 atom stereocenters. The molecule has 1 amide bonds. The number of rotatable bonds is 9. The van der Waals surface area contributed by atoms with Crippen LogP contribution in [0.25, 0.3) is 11.2 Å². The number of pyridine rings is 1. The Morgan fingerprint density at radius 3 is 2.83 bits per heavy atom. The quantitative estimate of drug-likeness (QED) is 0.354. The molecule has 5 rings (SSSR count). The highest BCUT2D eigenvalue weighted by atomic mass is 16.5. The van der Waals surface area contributed by atoms with Crippen molar-refractivity contribution in [1.82, 2.24) is 29.3 Å². The predicted octanol–water partition coefficient (Wildman–Crippen LogP) is 2.29. The van der Waals surface area contributed by atoms with E-state index in [2.05, 4.69) is 32.0 Å². The van der Waals surface area contributed by atoms with Crippen LogP contribution in [0.3, 0.4) is 0 Å². The molecular formula is C24H26N8O3. The van der Waals surface area contributed by atoms with Gasteiger partial charge in [-0.2, -0.15) is 14.6 Å². The summed E-state index contributed by atoms with van der Waals surface area (Å²) >= 11 is 0. The summed E-state index contributed by atoms with van der Waals surface area (Å²) in [6, 6.07) is 12.4. The summed E-state index contributed by atoms with van der Waals surface area (Å²) in [5.74, 6) is 0.820. The molecule has 4 aromatic rings. The Balaban J connectivity index is 1.28. The second-order valence-corrected chi connectivity index (χ2v) is 8.11. The molecule has 11 heteroatoms. The Morgan fingerprint density at radius 2 is 2.00 bits per heavy atom. The number of hydrogen-bond donors (Lipinski definition) is 2. The van der Waals surface area contributed by atoms with Gasteiger partial charge in [-0.25, -0.2) is 0 Å². The summed E-state index contributed by atoms with van der Waals surface area (Å²) in [6.07, 6.45) is 3.68. The molecule has 1 fully saturated rings. The molecule has 1 saturated heterocycles. The summed E-state index contributed by atoms with van der Waals surface area (Å²) in [7, 11) is 0. The predicted molar refractivity (Wildman–Crippen MR) is 131 cm³/mol. The van der Waals surface area contributed by atoms with Crippen LogP contribution in [-0.2, 0) is 16.1 Å². The van der Waals surface area contributed by atoms with Crippen molar-refractivity contribution in [1.29, 1.82) is 0 Å². The van der Waals surface area contributed by atoms with E-state index in [1.54, 1.807) is 41.0 Å². The van der Waals surface area contributed by atoms with E-state index in [0.717, 1.165) is 45.1 Å². The SMILES string of the molecule is C=C(C(N)=O)c1cccc(Oc2cccc3nc(Nc4cnn(CCN5CCOCC5)c4)nn23)c1. The smallest absolute Gasteiger partial charge is 0.248 e. The Morgan fingerprint density at radius 1 is 1.17 bits per heavy atom. The number of aromatic nitrogens is 5. The van der Waals surface area contributed by atoms with Crippen LogP contribution in [0.4, 0.5) is 11.6 Å². The van der Waals surface area contributed by atoms with Crippen LogP contribution in [-0.4, -0.2) is 68.0 Å². The van der Waals surface area contributed by atoms with Gasteiger partial charge in [-0.05, 0) is 23.8 Å². The van der Waals surface area contributed by atoms with E-state index in [1.165, 1.54) is 0 Å². The van der Waals surface area contributed by atoms with Crippen LogP contribution >= 0.6 is 0 Å². The monoisotopic (exact) mass is 474 g/mol. The van der Waals surface area contributed by atoms with Crippen LogP contribution in [0.2, 0.25) is 0 Å². The number of benzene rings is 1. The van der Waals surface area contributed by atoms with E-state index in [-0.39, 0.29) is 5.57 Å². The Kier molecular flexibility index (Phi) is 6.42. The minimum atomic E-state index is -0.583. The van der Waals surface area contributed by atoms with Gasteiger partial charge in [0.2, 0.25) is 17.7 Å². The van der Waals surface area contributed by atoms with E-state index in [9.17, 15) is 4.79 Å². The molecule has 0 radical (unpaired) electrons. The molecule has 1 aliphatic rings. The summed E-state index contributed by atoms with van der Waals surface area (Å²) in [5, 5.41) is 12.2. The number of nitrogens with zero attached hydrogens (tertiary/aromatic N) is 6. The Bertz CT molecular complexity index is 1360. The number of ether oxygens (including phenoxy) is 2. The van der Waals surface area contributed by atoms with E-state index in [1.807, 2.05) is 23.0 Å². The molecule has 1 aliphatic heterocycles. The van der Waals surface area contributed by atoms with Crippen LogP contribution in [0, 0.1) is 0 Å². The molecule has 0 aliphatic carbocycles. The van der Waals surface area contributed by atoms with E-state index in [4.69, 9.17) is 15.2 Å². The van der Waals surface area contributed by atoms with Gasteiger partial charge in [0.05, 0.1) is 31.6 Å². The van der Waals surface area contributed by atoms with Crippen molar-refractivity contribution in [2.45, 2.75) is 6.54 Å². The minimum Gasteiger partial charge on any atom is -0.439 e. The molecular weight excluding hydrogens is 448 g/mol. The summed E-state index contributed by atoms with van der Waals surface area (Å²) in [6.45, 7) is 8.90. The van der Waals surface area contributed by atoms with Crippen molar-refractivity contribution in [3.8, 4) is 11.6 Å². The van der Waals surface area contributed by atoms with Crippen LogP contribution in [0.15, 0.2) is 61.4 Å². The van der Waals surface area contributed by atoms with Gasteiger partial charge in [0.25, 0.3) is 0 Å². The number of nitrogens with one attached hydrogen (secondary N) is 1. The van der Waals surface area contributed by atoms with Crippen molar-refractivity contribution in [2.24, 2.45) is 5.73 Å². The molecule has 3 aromatic heterocycles. The number of nitrogens with two attached hydrogens (primary N) is 1. The first-order valence-electron chi connectivity index (χ1n) is 11.3. The van der Waals surface area contributed by atoms with Gasteiger partial charge in [-0.15, -0.1) is 5.10 Å². The first-order valence-corrected chi connectivity index (χ1v) is 11.3. The molecule has 0 unspecified atom stereocenters. The molecule has 1 aromatic carbocycles. The number of carbonyl (C=O) groups excluding carboxylic acids is 1. The highest BCUT2D eigenvalue weighted by Gasteiger charge is 2.13. The van der Waals surface area contributed by atoms with Gasteiger partial charge in [0.15, 0.2) is 5.65 Å². The molecule has 35 heavy (non-hydrogen) atoms. The van der Waals surface area contributed by atoms with Crippen LogP contribution < -0.4 is 15.8 Å². The van der Waals surface area contributed by atoms with Gasteiger partial charge in [-0.1, -0.05) is 24.8 Å². The van der Waals surface area contributed by atoms with Gasteiger partial charge in [0.1, 0.15) is 5.75 Å². The highest BCUT2D eigenvalue weighted by Crippen LogP contribution is 2.26. The number of morpholine rings is 1. The van der Waals surface area contributed by atoms with Crippen molar-refractivity contribution >= 4 is 28.8 Å². The molecule has 0 bridgehead atoms. The average Bonchev–Trinajstić information content (AvgIpc) is 3.50. The number of primary amides is 1. The molecule has 4 heterocycles. The number of hydrogen-bond acceptors (Lipinski definition) is 8. The lowest BCUT2D eigenvalue weighted by Crippen LogP contribution is -2.38. The second kappa shape index (κ2) is 9.95. The number of carbonyl (C=O) groups is 1. The van der Waals surface area contributed by atoms with E-state index in [0.29, 0.717) is 28.8 Å². The molecule has 0 saturated carbocycles. The lowest BCUT2D eigenvalue weighted by atomic mass is 10.1. The first-order chi connectivity index (χ1) is 17.0. The fraction of sp³-hybridized carbons (Fsp3) is 0.250. The normalized spacial score (nSPS) is 14.2. The fourth-order valence-electron chi connectivity index (χ4n) is 3.77. The maximum atomic E-state index is 11.4. The average molecular weight is 475 g/mol. The zero-order valence-electron chi connectivity index (χ0n) is 19.1. The third-order valence-electron chi connectivity index (χ3n) is 5.67. The minimum absolute atomic E-state index is 0.214. The van der Waals surface area contributed by atoms with Gasteiger partial charge < -0.3 is 20.5 Å². The fourth-order valence-corrected chi connectivity index (χ4v) is 3.77. The first kappa shape index (κ1) is 22.6. The second-order valence-electron chi connectivity index (χ2n) is 8.11. The van der Waals surface area contributed by atoms with Crippen molar-refractivity contribution < 1.29 is 14.3 Å².